The summed E-state index contributed by atoms with van der Waals surface area (Å²) < 4.78 is 68.4. The zero-order valence-corrected chi connectivity index (χ0v) is 63.1. The molecule has 3 unspecified atom stereocenters. The van der Waals surface area contributed by atoms with Crippen LogP contribution in [0.2, 0.25) is 0 Å². The largest absolute Gasteiger partial charge is 0.472 e. The van der Waals surface area contributed by atoms with E-state index in [0.717, 1.165) is 102 Å². The van der Waals surface area contributed by atoms with Crippen molar-refractivity contribution in [1.82, 2.24) is 0 Å². The predicted octanol–water partition coefficient (Wildman–Crippen LogP) is 21.9. The molecule has 0 spiro atoms. The van der Waals surface area contributed by atoms with Gasteiger partial charge < -0.3 is 33.8 Å². The van der Waals surface area contributed by atoms with Crippen molar-refractivity contribution in [2.75, 3.05) is 39.6 Å². The van der Waals surface area contributed by atoms with Crippen molar-refractivity contribution in [2.24, 2.45) is 11.8 Å². The highest BCUT2D eigenvalue weighted by Crippen LogP contribution is 2.45. The van der Waals surface area contributed by atoms with Crippen LogP contribution >= 0.6 is 15.6 Å². The number of rotatable bonds is 74. The maximum atomic E-state index is 13.1. The first-order chi connectivity index (χ1) is 45.4. The number of phosphoric ester groups is 2. The highest BCUT2D eigenvalue weighted by Gasteiger charge is 2.30. The second-order valence-corrected chi connectivity index (χ2v) is 30.7. The summed E-state index contributed by atoms with van der Waals surface area (Å²) in [5.41, 5.74) is 0. The molecule has 0 radical (unpaired) electrons. The molecule has 17 nitrogen and oxygen atoms in total. The molecule has 0 heterocycles. The molecule has 0 saturated carbocycles. The molecule has 6 atom stereocenters. The molecular weight excluding hydrogens is 1230 g/mol. The normalized spacial score (nSPS) is 14.3. The van der Waals surface area contributed by atoms with Gasteiger partial charge in [0.05, 0.1) is 26.4 Å². The fourth-order valence-electron chi connectivity index (χ4n) is 11.4. The standard InChI is InChI=1S/C75H146O17P2/c1-7-10-12-14-16-18-19-20-26-29-33-40-46-52-58-73(78)86-64-70(91-74(79)59-53-47-41-34-30-27-24-22-21-23-25-28-32-37-43-49-55-67(4)5)65-89-93(81,82)87-61-69(76)62-88-94(83,84)90-66-71(63-85-72(77)57-51-45-39-31-17-15-13-11-8-2)92-75(80)60-54-48-42-36-35-38-44-50-56-68(6)9-3/h67-71,76H,7-66H2,1-6H3,(H,81,82)(H,83,84)/t68?,69-,70-,71-/m1/s1. The van der Waals surface area contributed by atoms with Crippen LogP contribution in [0.5, 0.6) is 0 Å². The van der Waals surface area contributed by atoms with Crippen LogP contribution in [-0.4, -0.2) is 96.7 Å². The van der Waals surface area contributed by atoms with Crippen LogP contribution < -0.4 is 0 Å². The van der Waals surface area contributed by atoms with Gasteiger partial charge in [-0.2, -0.15) is 0 Å². The Morgan fingerprint density at radius 1 is 0.309 bits per heavy atom. The van der Waals surface area contributed by atoms with Crippen LogP contribution in [0, 0.1) is 11.8 Å². The number of aliphatic hydroxyl groups excluding tert-OH is 1. The van der Waals surface area contributed by atoms with Gasteiger partial charge in [-0.15, -0.1) is 0 Å². The number of phosphoric acid groups is 2. The lowest BCUT2D eigenvalue weighted by atomic mass is 9.99. The molecule has 0 saturated heterocycles. The summed E-state index contributed by atoms with van der Waals surface area (Å²) in [4.78, 5) is 72.7. The maximum Gasteiger partial charge on any atom is 0.472 e. The Morgan fingerprint density at radius 2 is 0.543 bits per heavy atom. The van der Waals surface area contributed by atoms with Gasteiger partial charge in [-0.05, 0) is 37.5 Å². The molecular formula is C75H146O17P2. The van der Waals surface area contributed by atoms with Crippen molar-refractivity contribution in [3.63, 3.8) is 0 Å². The summed E-state index contributed by atoms with van der Waals surface area (Å²) in [6.45, 7) is 9.60. The van der Waals surface area contributed by atoms with Crippen molar-refractivity contribution in [1.29, 1.82) is 0 Å². The van der Waals surface area contributed by atoms with Crippen LogP contribution in [0.25, 0.3) is 0 Å². The smallest absolute Gasteiger partial charge is 0.462 e. The molecule has 19 heteroatoms. The Bertz CT molecular complexity index is 1820. The van der Waals surface area contributed by atoms with E-state index in [1.807, 2.05) is 0 Å². The van der Waals surface area contributed by atoms with Gasteiger partial charge in [0.25, 0.3) is 0 Å². The zero-order valence-electron chi connectivity index (χ0n) is 61.3. The molecule has 0 amide bonds. The number of esters is 4. The average molecular weight is 1380 g/mol. The number of unbranched alkanes of at least 4 members (excludes halogenated alkanes) is 43. The Hall–Kier alpha value is -1.94. The first kappa shape index (κ1) is 92.1. The van der Waals surface area contributed by atoms with Crippen LogP contribution in [0.1, 0.15) is 388 Å². The third kappa shape index (κ3) is 67.3. The number of aliphatic hydroxyl groups is 1. The van der Waals surface area contributed by atoms with E-state index in [4.69, 9.17) is 37.0 Å². The topological polar surface area (TPSA) is 237 Å². The first-order valence-electron chi connectivity index (χ1n) is 39.0. The third-order valence-corrected chi connectivity index (χ3v) is 19.7. The number of hydrogen-bond donors (Lipinski definition) is 3. The molecule has 0 aromatic carbocycles. The van der Waals surface area contributed by atoms with E-state index in [-0.39, 0.29) is 25.7 Å². The second kappa shape index (κ2) is 66.9. The Balaban J connectivity index is 5.22. The SMILES string of the molecule is CCCCCCCCCCCCCCCCC(=O)OC[C@H](COP(=O)(O)OC[C@@H](O)COP(=O)(O)OC[C@@H](COC(=O)CCCCCCCCCCC)OC(=O)CCCCCCCCCCC(C)CC)OC(=O)CCCCCCCCCCCCCCCCCCC(C)C. The highest BCUT2D eigenvalue weighted by atomic mass is 31.2. The fourth-order valence-corrected chi connectivity index (χ4v) is 13.0. The summed E-state index contributed by atoms with van der Waals surface area (Å²) in [7, 11) is -9.91. The Morgan fingerprint density at radius 3 is 0.809 bits per heavy atom. The Kier molecular flexibility index (Phi) is 65.5. The van der Waals surface area contributed by atoms with E-state index in [2.05, 4.69) is 41.5 Å². The first-order valence-corrected chi connectivity index (χ1v) is 42.0. The van der Waals surface area contributed by atoms with Crippen LogP contribution in [0.4, 0.5) is 0 Å². The lowest BCUT2D eigenvalue weighted by Crippen LogP contribution is -2.30. The van der Waals surface area contributed by atoms with Crippen molar-refractivity contribution < 1.29 is 80.2 Å². The molecule has 0 rings (SSSR count). The van der Waals surface area contributed by atoms with Crippen LogP contribution in [0.15, 0.2) is 0 Å². The number of carbonyl (C=O) groups excluding carboxylic acids is 4. The lowest BCUT2D eigenvalue weighted by molar-refractivity contribution is -0.161. The molecule has 0 aliphatic carbocycles. The van der Waals surface area contributed by atoms with Crippen LogP contribution in [0.3, 0.4) is 0 Å². The summed E-state index contributed by atoms with van der Waals surface area (Å²) in [6, 6.07) is 0. The molecule has 0 bridgehead atoms. The van der Waals surface area contributed by atoms with Gasteiger partial charge in [-0.25, -0.2) is 9.13 Å². The number of ether oxygens (including phenoxy) is 4. The van der Waals surface area contributed by atoms with E-state index in [0.29, 0.717) is 25.7 Å². The minimum absolute atomic E-state index is 0.105. The highest BCUT2D eigenvalue weighted by molar-refractivity contribution is 7.47. The molecule has 0 aromatic heterocycles. The van der Waals surface area contributed by atoms with E-state index in [9.17, 15) is 43.2 Å². The molecule has 0 aliphatic rings. The molecule has 3 N–H and O–H groups in total. The molecule has 0 fully saturated rings. The van der Waals surface area contributed by atoms with Crippen molar-refractivity contribution in [2.45, 2.75) is 407 Å². The van der Waals surface area contributed by atoms with E-state index >= 15 is 0 Å². The van der Waals surface area contributed by atoms with Gasteiger partial charge >= 0.3 is 39.5 Å². The van der Waals surface area contributed by atoms with Gasteiger partial charge in [0, 0.05) is 25.7 Å². The van der Waals surface area contributed by atoms with Crippen molar-refractivity contribution in [3.05, 3.63) is 0 Å². The van der Waals surface area contributed by atoms with Gasteiger partial charge in [0.1, 0.15) is 19.3 Å². The molecule has 0 aliphatic heterocycles. The summed E-state index contributed by atoms with van der Waals surface area (Å²) in [6.07, 6.45) is 54.0. The van der Waals surface area contributed by atoms with E-state index < -0.39 is 97.5 Å². The number of carbonyl (C=O) groups is 4. The van der Waals surface area contributed by atoms with Gasteiger partial charge in [-0.3, -0.25) is 37.3 Å². The van der Waals surface area contributed by atoms with Crippen LogP contribution in [-0.2, 0) is 65.4 Å². The van der Waals surface area contributed by atoms with E-state index in [1.165, 1.54) is 205 Å². The second-order valence-electron chi connectivity index (χ2n) is 27.8. The molecule has 0 aromatic rings. The van der Waals surface area contributed by atoms with Crippen molar-refractivity contribution >= 4 is 39.5 Å². The summed E-state index contributed by atoms with van der Waals surface area (Å²) >= 11 is 0. The minimum Gasteiger partial charge on any atom is -0.462 e. The average Bonchev–Trinajstić information content (AvgIpc) is 1.75. The van der Waals surface area contributed by atoms with E-state index in [1.54, 1.807) is 0 Å². The summed E-state index contributed by atoms with van der Waals surface area (Å²) in [5.74, 6) is -0.539. The number of hydrogen-bond acceptors (Lipinski definition) is 15. The zero-order chi connectivity index (χ0) is 69.3. The van der Waals surface area contributed by atoms with Gasteiger partial charge in [0.15, 0.2) is 12.2 Å². The third-order valence-electron chi connectivity index (χ3n) is 17.8. The fraction of sp³-hybridized carbons (Fsp3) is 0.947. The maximum absolute atomic E-state index is 13.1. The molecule has 94 heavy (non-hydrogen) atoms. The summed E-state index contributed by atoms with van der Waals surface area (Å²) in [5, 5.41) is 10.6. The lowest BCUT2D eigenvalue weighted by Gasteiger charge is -2.21. The Labute approximate surface area is 575 Å². The van der Waals surface area contributed by atoms with Gasteiger partial charge in [0.2, 0.25) is 0 Å². The minimum atomic E-state index is -4.96. The monoisotopic (exact) mass is 1380 g/mol. The quantitative estimate of drug-likeness (QED) is 0.0222. The van der Waals surface area contributed by atoms with Gasteiger partial charge in [-0.1, -0.05) is 337 Å². The molecule has 558 valence electrons. The van der Waals surface area contributed by atoms with Crippen molar-refractivity contribution in [3.8, 4) is 0 Å². The predicted molar refractivity (Wildman–Crippen MR) is 381 cm³/mol.